The molecule has 0 aliphatic carbocycles. The third kappa shape index (κ3) is 2.40. The van der Waals surface area contributed by atoms with E-state index in [0.29, 0.717) is 6.10 Å². The van der Waals surface area contributed by atoms with Crippen molar-refractivity contribution in [3.8, 4) is 0 Å². The summed E-state index contributed by atoms with van der Waals surface area (Å²) in [7, 11) is 2.06. The number of ether oxygens (including phenoxy) is 1. The van der Waals surface area contributed by atoms with Gasteiger partial charge in [-0.25, -0.2) is 0 Å². The first kappa shape index (κ1) is 7.61. The van der Waals surface area contributed by atoms with Crippen LogP contribution in [0.2, 0.25) is 0 Å². The Morgan fingerprint density at radius 2 is 2.40 bits per heavy atom. The van der Waals surface area contributed by atoms with Gasteiger partial charge in [-0.15, -0.1) is 0 Å². The number of nitrogens with zero attached hydrogens (tertiary/aromatic N) is 1. The topological polar surface area (TPSA) is 15.8 Å². The van der Waals surface area contributed by atoms with E-state index in [9.17, 15) is 0 Å². The summed E-state index contributed by atoms with van der Waals surface area (Å²) >= 11 is 0. The SMILES string of the molecule is C=C(C)N(C)CCC1CO1. The fraction of sp³-hybridized carbons (Fsp3) is 0.750. The lowest BCUT2D eigenvalue weighted by molar-refractivity contribution is 0.347. The highest BCUT2D eigenvalue weighted by atomic mass is 16.6. The van der Waals surface area contributed by atoms with Crippen LogP contribution >= 0.6 is 0 Å². The number of allylic oxidation sites excluding steroid dienone is 1. The van der Waals surface area contributed by atoms with Gasteiger partial charge in [0.05, 0.1) is 12.7 Å². The predicted molar refractivity (Wildman–Crippen MR) is 41.8 cm³/mol. The van der Waals surface area contributed by atoms with E-state index in [1.165, 1.54) is 0 Å². The van der Waals surface area contributed by atoms with Crippen molar-refractivity contribution in [1.29, 1.82) is 0 Å². The van der Waals surface area contributed by atoms with Gasteiger partial charge in [0.15, 0.2) is 0 Å². The molecule has 0 aromatic rings. The Kier molecular flexibility index (Phi) is 2.33. The van der Waals surface area contributed by atoms with Crippen LogP contribution in [0.5, 0.6) is 0 Å². The molecule has 0 aromatic carbocycles. The lowest BCUT2D eigenvalue weighted by atomic mass is 10.3. The molecular weight excluding hydrogens is 126 g/mol. The standard InChI is InChI=1S/C8H15NO/c1-7(2)9(3)5-4-8-6-10-8/h8H,1,4-6H2,2-3H3. The van der Waals surface area contributed by atoms with Gasteiger partial charge in [0.1, 0.15) is 0 Å². The molecule has 0 spiro atoms. The molecule has 58 valence electrons. The Bertz CT molecular complexity index is 129. The zero-order chi connectivity index (χ0) is 7.56. The summed E-state index contributed by atoms with van der Waals surface area (Å²) in [6.07, 6.45) is 1.69. The maximum absolute atomic E-state index is 5.08. The van der Waals surface area contributed by atoms with Crippen LogP contribution in [0.15, 0.2) is 12.3 Å². The predicted octanol–water partition coefficient (Wildman–Crippen LogP) is 1.24. The van der Waals surface area contributed by atoms with E-state index in [-0.39, 0.29) is 0 Å². The number of hydrogen-bond donors (Lipinski definition) is 0. The average molecular weight is 141 g/mol. The van der Waals surface area contributed by atoms with E-state index in [4.69, 9.17) is 4.74 Å². The van der Waals surface area contributed by atoms with Gasteiger partial charge in [0.2, 0.25) is 0 Å². The van der Waals surface area contributed by atoms with Crippen LogP contribution in [-0.2, 0) is 4.74 Å². The van der Waals surface area contributed by atoms with Crippen molar-refractivity contribution in [2.45, 2.75) is 19.4 Å². The zero-order valence-electron chi connectivity index (χ0n) is 6.76. The Labute approximate surface area is 62.5 Å². The monoisotopic (exact) mass is 141 g/mol. The first-order valence-corrected chi connectivity index (χ1v) is 3.68. The van der Waals surface area contributed by atoms with Gasteiger partial charge in [0, 0.05) is 19.3 Å². The summed E-state index contributed by atoms with van der Waals surface area (Å²) in [4.78, 5) is 2.15. The molecular formula is C8H15NO. The minimum atomic E-state index is 0.543. The molecule has 1 aliphatic rings. The third-order valence-electron chi connectivity index (χ3n) is 1.84. The van der Waals surface area contributed by atoms with E-state index < -0.39 is 0 Å². The minimum absolute atomic E-state index is 0.543. The summed E-state index contributed by atoms with van der Waals surface area (Å²) in [6, 6.07) is 0. The van der Waals surface area contributed by atoms with E-state index >= 15 is 0 Å². The van der Waals surface area contributed by atoms with Crippen molar-refractivity contribution in [2.75, 3.05) is 20.2 Å². The Morgan fingerprint density at radius 1 is 1.80 bits per heavy atom. The van der Waals surface area contributed by atoms with E-state index in [1.807, 2.05) is 6.92 Å². The molecule has 0 radical (unpaired) electrons. The third-order valence-corrected chi connectivity index (χ3v) is 1.84. The minimum Gasteiger partial charge on any atom is -0.378 e. The highest BCUT2D eigenvalue weighted by molar-refractivity contribution is 4.86. The number of rotatable bonds is 4. The van der Waals surface area contributed by atoms with Crippen LogP contribution in [0.25, 0.3) is 0 Å². The summed E-state index contributed by atoms with van der Waals surface area (Å²) < 4.78 is 5.08. The first-order chi connectivity index (χ1) is 4.70. The van der Waals surface area contributed by atoms with E-state index in [0.717, 1.165) is 25.3 Å². The summed E-state index contributed by atoms with van der Waals surface area (Å²) in [5.74, 6) is 0. The highest BCUT2D eigenvalue weighted by Crippen LogP contribution is 2.14. The van der Waals surface area contributed by atoms with Gasteiger partial charge >= 0.3 is 0 Å². The van der Waals surface area contributed by atoms with Crippen molar-refractivity contribution in [2.24, 2.45) is 0 Å². The van der Waals surface area contributed by atoms with Gasteiger partial charge in [0.25, 0.3) is 0 Å². The molecule has 0 bridgehead atoms. The van der Waals surface area contributed by atoms with Crippen molar-refractivity contribution in [3.63, 3.8) is 0 Å². The summed E-state index contributed by atoms with van der Waals surface area (Å²) in [5.41, 5.74) is 1.13. The number of hydrogen-bond acceptors (Lipinski definition) is 2. The average Bonchev–Trinajstić information content (AvgIpc) is 2.64. The molecule has 1 aliphatic heterocycles. The molecule has 2 heteroatoms. The van der Waals surface area contributed by atoms with Crippen LogP contribution in [-0.4, -0.2) is 31.2 Å². The van der Waals surface area contributed by atoms with Gasteiger partial charge in [-0.1, -0.05) is 6.58 Å². The second-order valence-corrected chi connectivity index (χ2v) is 2.90. The van der Waals surface area contributed by atoms with Crippen molar-refractivity contribution < 1.29 is 4.74 Å². The molecule has 10 heavy (non-hydrogen) atoms. The van der Waals surface area contributed by atoms with Gasteiger partial charge in [-0.3, -0.25) is 0 Å². The molecule has 1 heterocycles. The highest BCUT2D eigenvalue weighted by Gasteiger charge is 2.21. The molecule has 0 N–H and O–H groups in total. The van der Waals surface area contributed by atoms with Crippen molar-refractivity contribution in [3.05, 3.63) is 12.3 Å². The molecule has 1 saturated heterocycles. The van der Waals surface area contributed by atoms with Gasteiger partial charge < -0.3 is 9.64 Å². The quantitative estimate of drug-likeness (QED) is 0.547. The normalized spacial score (nSPS) is 22.4. The van der Waals surface area contributed by atoms with Crippen LogP contribution in [0, 0.1) is 0 Å². The van der Waals surface area contributed by atoms with Crippen LogP contribution in [0.4, 0.5) is 0 Å². The molecule has 0 aromatic heterocycles. The maximum atomic E-state index is 5.08. The lowest BCUT2D eigenvalue weighted by Gasteiger charge is -2.17. The van der Waals surface area contributed by atoms with Crippen LogP contribution in [0.1, 0.15) is 13.3 Å². The molecule has 1 rings (SSSR count). The van der Waals surface area contributed by atoms with Crippen LogP contribution < -0.4 is 0 Å². The molecule has 1 unspecified atom stereocenters. The summed E-state index contributed by atoms with van der Waals surface area (Å²) in [5, 5.41) is 0. The molecule has 1 fully saturated rings. The first-order valence-electron chi connectivity index (χ1n) is 3.68. The fourth-order valence-corrected chi connectivity index (χ4v) is 0.763. The zero-order valence-corrected chi connectivity index (χ0v) is 6.76. The fourth-order valence-electron chi connectivity index (χ4n) is 0.763. The molecule has 0 amide bonds. The molecule has 2 nitrogen and oxygen atoms in total. The second kappa shape index (κ2) is 3.06. The van der Waals surface area contributed by atoms with Gasteiger partial charge in [-0.05, 0) is 13.3 Å². The summed E-state index contributed by atoms with van der Waals surface area (Å²) in [6.45, 7) is 7.89. The van der Waals surface area contributed by atoms with Gasteiger partial charge in [-0.2, -0.15) is 0 Å². The van der Waals surface area contributed by atoms with Crippen molar-refractivity contribution >= 4 is 0 Å². The Hall–Kier alpha value is -0.500. The molecule has 0 saturated carbocycles. The number of epoxide rings is 1. The van der Waals surface area contributed by atoms with Crippen molar-refractivity contribution in [1.82, 2.24) is 4.90 Å². The Morgan fingerprint density at radius 3 is 2.80 bits per heavy atom. The smallest absolute Gasteiger partial charge is 0.0826 e. The van der Waals surface area contributed by atoms with E-state index in [1.54, 1.807) is 0 Å². The van der Waals surface area contributed by atoms with E-state index in [2.05, 4.69) is 18.5 Å². The maximum Gasteiger partial charge on any atom is 0.0826 e. The Balaban J connectivity index is 2.05. The lowest BCUT2D eigenvalue weighted by Crippen LogP contribution is -2.17. The van der Waals surface area contributed by atoms with Crippen LogP contribution in [0.3, 0.4) is 0 Å². The molecule has 1 atom stereocenters. The second-order valence-electron chi connectivity index (χ2n) is 2.90. The largest absolute Gasteiger partial charge is 0.378 e.